The van der Waals surface area contributed by atoms with Crippen molar-refractivity contribution in [1.29, 1.82) is 5.26 Å². The summed E-state index contributed by atoms with van der Waals surface area (Å²) in [6.45, 7) is 0. The summed E-state index contributed by atoms with van der Waals surface area (Å²) < 4.78 is 23.2. The third-order valence-corrected chi connectivity index (χ3v) is 3.56. The van der Waals surface area contributed by atoms with E-state index < -0.39 is 27.3 Å². The van der Waals surface area contributed by atoms with Crippen LogP contribution in [0.5, 0.6) is 0 Å². The molecule has 0 saturated carbocycles. The summed E-state index contributed by atoms with van der Waals surface area (Å²) in [5.41, 5.74) is 0.505. The van der Waals surface area contributed by atoms with Gasteiger partial charge in [-0.2, -0.15) is 5.26 Å². The van der Waals surface area contributed by atoms with Gasteiger partial charge in [0.1, 0.15) is 11.5 Å². The number of carbonyl (C=O) groups excluding carboxylic acids is 1. The molecule has 0 spiro atoms. The van der Waals surface area contributed by atoms with Crippen molar-refractivity contribution in [3.05, 3.63) is 28.7 Å². The molecule has 0 saturated heterocycles. The van der Waals surface area contributed by atoms with Crippen LogP contribution < -0.4 is 5.32 Å². The minimum absolute atomic E-state index is 0.505. The van der Waals surface area contributed by atoms with E-state index >= 15 is 0 Å². The maximum atomic E-state index is 11.4. The van der Waals surface area contributed by atoms with E-state index in [1.165, 1.54) is 6.07 Å². The van der Waals surface area contributed by atoms with Gasteiger partial charge in [-0.05, 0) is 24.3 Å². The predicted molar refractivity (Wildman–Crippen MR) is 67.0 cm³/mol. The fourth-order valence-electron chi connectivity index (χ4n) is 1.08. The Balaban J connectivity index is 2.62. The monoisotopic (exact) mass is 316 g/mol. The third kappa shape index (κ3) is 4.97. The Bertz CT molecular complexity index is 546. The molecule has 0 atom stereocenters. The number of hydrogen-bond donors (Lipinski definition) is 1. The van der Waals surface area contributed by atoms with E-state index in [0.717, 1.165) is 4.47 Å². The minimum atomic E-state index is -3.64. The average molecular weight is 317 g/mol. The number of nitriles is 1. The van der Waals surface area contributed by atoms with Gasteiger partial charge in [0.15, 0.2) is 9.84 Å². The Morgan fingerprint density at radius 3 is 2.47 bits per heavy atom. The van der Waals surface area contributed by atoms with Crippen LogP contribution >= 0.6 is 15.9 Å². The van der Waals surface area contributed by atoms with Gasteiger partial charge in [0.2, 0.25) is 5.91 Å². The molecule has 0 aliphatic heterocycles. The lowest BCUT2D eigenvalue weighted by Gasteiger charge is -2.04. The van der Waals surface area contributed by atoms with E-state index in [1.807, 2.05) is 0 Å². The molecule has 0 fully saturated rings. The van der Waals surface area contributed by atoms with Gasteiger partial charge >= 0.3 is 0 Å². The summed E-state index contributed by atoms with van der Waals surface area (Å²) in [7, 11) is -3.64. The highest BCUT2D eigenvalue weighted by Crippen LogP contribution is 2.14. The highest BCUT2D eigenvalue weighted by atomic mass is 79.9. The molecular weight excluding hydrogens is 308 g/mol. The van der Waals surface area contributed by atoms with Crippen LogP contribution in [0.4, 0.5) is 5.69 Å². The normalized spacial score (nSPS) is 10.6. The van der Waals surface area contributed by atoms with E-state index in [0.29, 0.717) is 5.69 Å². The minimum Gasteiger partial charge on any atom is -0.325 e. The van der Waals surface area contributed by atoms with Crippen LogP contribution in [0, 0.1) is 11.3 Å². The van der Waals surface area contributed by atoms with Crippen molar-refractivity contribution in [2.75, 3.05) is 16.8 Å². The molecular formula is C10H9BrN2O3S. The first-order chi connectivity index (χ1) is 7.93. The number of carbonyl (C=O) groups is 1. The van der Waals surface area contributed by atoms with Crippen molar-refractivity contribution in [2.45, 2.75) is 0 Å². The lowest BCUT2D eigenvalue weighted by atomic mass is 10.3. The number of benzene rings is 1. The van der Waals surface area contributed by atoms with Crippen LogP contribution in [0.3, 0.4) is 0 Å². The zero-order valence-electron chi connectivity index (χ0n) is 8.68. The highest BCUT2D eigenvalue weighted by Gasteiger charge is 2.16. The van der Waals surface area contributed by atoms with Gasteiger partial charge in [-0.3, -0.25) is 4.79 Å². The molecule has 1 aromatic carbocycles. The van der Waals surface area contributed by atoms with E-state index in [1.54, 1.807) is 24.3 Å². The standard InChI is InChI=1S/C10H9BrN2O3S/c11-8-1-3-9(4-2-8)13-10(14)7-17(15,16)6-5-12/h1-4H,6-7H2,(H,13,14). The second-order valence-corrected chi connectivity index (χ2v) is 6.23. The SMILES string of the molecule is N#CCS(=O)(=O)CC(=O)Nc1ccc(Br)cc1. The number of nitrogens with zero attached hydrogens (tertiary/aromatic N) is 1. The molecule has 1 N–H and O–H groups in total. The molecule has 1 rings (SSSR count). The van der Waals surface area contributed by atoms with Crippen molar-refractivity contribution in [3.63, 3.8) is 0 Å². The quantitative estimate of drug-likeness (QED) is 0.907. The molecule has 0 unspecified atom stereocenters. The van der Waals surface area contributed by atoms with Crippen LogP contribution in [0.25, 0.3) is 0 Å². The largest absolute Gasteiger partial charge is 0.325 e. The Hall–Kier alpha value is -1.39. The lowest BCUT2D eigenvalue weighted by molar-refractivity contribution is -0.113. The topological polar surface area (TPSA) is 87.0 Å². The molecule has 0 aliphatic rings. The number of halogens is 1. The highest BCUT2D eigenvalue weighted by molar-refractivity contribution is 9.10. The van der Waals surface area contributed by atoms with Gasteiger partial charge < -0.3 is 5.32 Å². The number of anilines is 1. The van der Waals surface area contributed by atoms with Gasteiger partial charge in [0.25, 0.3) is 0 Å². The molecule has 1 aromatic rings. The van der Waals surface area contributed by atoms with E-state index in [4.69, 9.17) is 5.26 Å². The Morgan fingerprint density at radius 1 is 1.35 bits per heavy atom. The van der Waals surface area contributed by atoms with Gasteiger partial charge in [-0.25, -0.2) is 8.42 Å². The summed E-state index contributed by atoms with van der Waals surface area (Å²) >= 11 is 3.24. The molecule has 90 valence electrons. The Kier molecular flexibility index (Phi) is 4.66. The van der Waals surface area contributed by atoms with Crippen LogP contribution in [-0.4, -0.2) is 25.8 Å². The van der Waals surface area contributed by atoms with Crippen LogP contribution in [0.2, 0.25) is 0 Å². The summed E-state index contributed by atoms with van der Waals surface area (Å²) in [4.78, 5) is 11.4. The zero-order chi connectivity index (χ0) is 12.9. The Labute approximate surface area is 107 Å². The van der Waals surface area contributed by atoms with E-state index in [2.05, 4.69) is 21.2 Å². The smallest absolute Gasteiger partial charge is 0.239 e. The number of sulfone groups is 1. The third-order valence-electron chi connectivity index (χ3n) is 1.76. The number of amides is 1. The molecule has 7 heteroatoms. The summed E-state index contributed by atoms with van der Waals surface area (Å²) in [6.07, 6.45) is 0. The van der Waals surface area contributed by atoms with Gasteiger partial charge in [0.05, 0.1) is 6.07 Å². The second kappa shape index (κ2) is 5.80. The lowest BCUT2D eigenvalue weighted by Crippen LogP contribution is -2.24. The fourth-order valence-corrected chi connectivity index (χ4v) is 2.11. The van der Waals surface area contributed by atoms with E-state index in [-0.39, 0.29) is 0 Å². The van der Waals surface area contributed by atoms with E-state index in [9.17, 15) is 13.2 Å². The van der Waals surface area contributed by atoms with Crippen molar-refractivity contribution in [2.24, 2.45) is 0 Å². The summed E-state index contributed by atoms with van der Waals surface area (Å²) in [5, 5.41) is 10.7. The van der Waals surface area contributed by atoms with Crippen molar-refractivity contribution < 1.29 is 13.2 Å². The maximum Gasteiger partial charge on any atom is 0.239 e. The molecule has 5 nitrogen and oxygen atoms in total. The number of hydrogen-bond acceptors (Lipinski definition) is 4. The summed E-state index contributed by atoms with van der Waals surface area (Å²) in [5.74, 6) is -1.99. The first-order valence-corrected chi connectivity index (χ1v) is 7.17. The number of nitrogens with one attached hydrogen (secondary N) is 1. The van der Waals surface area contributed by atoms with Crippen molar-refractivity contribution >= 4 is 37.4 Å². The molecule has 0 heterocycles. The fraction of sp³-hybridized carbons (Fsp3) is 0.200. The zero-order valence-corrected chi connectivity index (χ0v) is 11.1. The predicted octanol–water partition coefficient (Wildman–Crippen LogP) is 1.33. The molecule has 0 aromatic heterocycles. The second-order valence-electron chi connectivity index (χ2n) is 3.25. The van der Waals surface area contributed by atoms with Crippen molar-refractivity contribution in [1.82, 2.24) is 0 Å². The molecule has 17 heavy (non-hydrogen) atoms. The molecule has 0 aliphatic carbocycles. The van der Waals surface area contributed by atoms with Crippen LogP contribution in [0.1, 0.15) is 0 Å². The Morgan fingerprint density at radius 2 is 1.94 bits per heavy atom. The maximum absolute atomic E-state index is 11.4. The first kappa shape index (κ1) is 13.7. The van der Waals surface area contributed by atoms with Crippen LogP contribution in [-0.2, 0) is 14.6 Å². The van der Waals surface area contributed by atoms with Gasteiger partial charge in [-0.1, -0.05) is 15.9 Å². The molecule has 1 amide bonds. The number of rotatable bonds is 4. The molecule has 0 bridgehead atoms. The van der Waals surface area contributed by atoms with Gasteiger partial charge in [-0.15, -0.1) is 0 Å². The summed E-state index contributed by atoms with van der Waals surface area (Å²) in [6, 6.07) is 8.23. The first-order valence-electron chi connectivity index (χ1n) is 4.56. The van der Waals surface area contributed by atoms with Crippen LogP contribution in [0.15, 0.2) is 28.7 Å². The van der Waals surface area contributed by atoms with Gasteiger partial charge in [0, 0.05) is 10.2 Å². The van der Waals surface area contributed by atoms with Crippen molar-refractivity contribution in [3.8, 4) is 6.07 Å². The average Bonchev–Trinajstić information content (AvgIpc) is 2.20. The molecule has 0 radical (unpaired) electrons.